The van der Waals surface area contributed by atoms with Gasteiger partial charge in [-0.2, -0.15) is 21.6 Å². The molecule has 12 heteroatoms. The van der Waals surface area contributed by atoms with Gasteiger partial charge in [0.1, 0.15) is 17.5 Å². The molecule has 0 unspecified atom stereocenters. The van der Waals surface area contributed by atoms with Crippen LogP contribution in [0.2, 0.25) is 0 Å². The highest BCUT2D eigenvalue weighted by molar-refractivity contribution is 7.93. The van der Waals surface area contributed by atoms with E-state index in [4.69, 9.17) is 9.47 Å². The first-order chi connectivity index (χ1) is 16.9. The Bertz CT molecular complexity index is 1230. The maximum Gasteiger partial charge on any atom is 0.516 e. The number of ether oxygens (including phenoxy) is 2. The molecule has 1 aliphatic rings. The van der Waals surface area contributed by atoms with Gasteiger partial charge >= 0.3 is 21.6 Å². The van der Waals surface area contributed by atoms with E-state index in [1.165, 1.54) is 29.5 Å². The molecule has 0 bridgehead atoms. The number of carbonyl (C=O) groups is 1. The number of aliphatic hydroxyl groups is 1. The fourth-order valence-corrected chi connectivity index (χ4v) is 4.45. The lowest BCUT2D eigenvalue weighted by Crippen LogP contribution is -2.52. The molecule has 3 rings (SSSR count). The highest BCUT2D eigenvalue weighted by atomic mass is 32.2. The maximum atomic E-state index is 13.3. The molecule has 204 valence electrons. The predicted octanol–water partition coefficient (Wildman–Crippen LogP) is 5.00. The van der Waals surface area contributed by atoms with Gasteiger partial charge in [0.2, 0.25) is 0 Å². The molecule has 1 aliphatic heterocycles. The summed E-state index contributed by atoms with van der Waals surface area (Å²) >= 11 is 0. The van der Waals surface area contributed by atoms with Crippen molar-refractivity contribution in [2.75, 3.05) is 11.3 Å². The molecule has 0 aromatic heterocycles. The van der Waals surface area contributed by atoms with Crippen molar-refractivity contribution in [3.8, 4) is 5.75 Å². The van der Waals surface area contributed by atoms with Crippen LogP contribution in [0.1, 0.15) is 51.8 Å². The summed E-state index contributed by atoms with van der Waals surface area (Å²) < 4.78 is 74.4. The molecule has 0 saturated heterocycles. The predicted molar refractivity (Wildman–Crippen MR) is 132 cm³/mol. The average molecular weight is 545 g/mol. The monoisotopic (exact) mass is 544 g/mol. The molecule has 8 nitrogen and oxygen atoms in total. The third kappa shape index (κ3) is 6.48. The Morgan fingerprint density at radius 1 is 1.14 bits per heavy atom. The minimum absolute atomic E-state index is 0.0259. The van der Waals surface area contributed by atoms with Crippen molar-refractivity contribution >= 4 is 21.8 Å². The Labute approximate surface area is 214 Å². The van der Waals surface area contributed by atoms with Crippen molar-refractivity contribution in [1.82, 2.24) is 4.90 Å². The molecule has 0 saturated carbocycles. The number of carbonyl (C=O) groups excluding carboxylic acids is 1. The number of aliphatic hydroxyl groups excluding tert-OH is 1. The molecule has 0 aliphatic carbocycles. The van der Waals surface area contributed by atoms with E-state index in [0.29, 0.717) is 13.0 Å². The van der Waals surface area contributed by atoms with Gasteiger partial charge in [-0.25, -0.2) is 4.79 Å². The van der Waals surface area contributed by atoms with E-state index in [-0.39, 0.29) is 11.3 Å². The van der Waals surface area contributed by atoms with E-state index >= 15 is 0 Å². The number of halogens is 3. The summed E-state index contributed by atoms with van der Waals surface area (Å²) in [5.41, 5.74) is -6.63. The smallest absolute Gasteiger partial charge is 0.484 e. The number of amides is 1. The van der Waals surface area contributed by atoms with Gasteiger partial charge in [-0.3, -0.25) is 4.72 Å². The third-order valence-corrected chi connectivity index (χ3v) is 7.09. The second-order valence-electron chi connectivity index (χ2n) is 10.3. The maximum absolute atomic E-state index is 13.3. The molecule has 2 aromatic rings. The van der Waals surface area contributed by atoms with Crippen LogP contribution in [0, 0.1) is 0 Å². The van der Waals surface area contributed by atoms with Crippen molar-refractivity contribution < 1.29 is 41.0 Å². The van der Waals surface area contributed by atoms with Gasteiger partial charge in [0.05, 0.1) is 5.69 Å². The highest BCUT2D eigenvalue weighted by Crippen LogP contribution is 2.43. The van der Waals surface area contributed by atoms with Gasteiger partial charge < -0.3 is 19.5 Å². The average Bonchev–Trinajstić information content (AvgIpc) is 2.75. The Hall–Kier alpha value is -2.99. The van der Waals surface area contributed by atoms with Crippen LogP contribution in [0.15, 0.2) is 48.5 Å². The van der Waals surface area contributed by atoms with Crippen molar-refractivity contribution in [2.24, 2.45) is 0 Å². The Kier molecular flexibility index (Phi) is 7.76. The minimum Gasteiger partial charge on any atom is -0.484 e. The topological polar surface area (TPSA) is 105 Å². The van der Waals surface area contributed by atoms with Crippen LogP contribution in [-0.4, -0.2) is 53.8 Å². The Morgan fingerprint density at radius 3 is 2.32 bits per heavy atom. The number of benzene rings is 2. The molecule has 2 N–H and O–H groups in total. The van der Waals surface area contributed by atoms with Gasteiger partial charge in [-0.05, 0) is 58.7 Å². The number of nitrogens with one attached hydrogen (secondary N) is 1. The summed E-state index contributed by atoms with van der Waals surface area (Å²) in [6.45, 7) is 8.90. The van der Waals surface area contributed by atoms with Gasteiger partial charge in [-0.1, -0.05) is 30.3 Å². The first-order valence-electron chi connectivity index (χ1n) is 11.5. The number of rotatable bonds is 6. The van der Waals surface area contributed by atoms with Crippen molar-refractivity contribution in [2.45, 2.75) is 69.9 Å². The number of hydrogen-bond donors (Lipinski definition) is 2. The second kappa shape index (κ2) is 10.1. The van der Waals surface area contributed by atoms with Crippen LogP contribution < -0.4 is 9.46 Å². The number of alkyl halides is 3. The fraction of sp³-hybridized carbons (Fsp3) is 0.480. The molecule has 1 heterocycles. The molecule has 37 heavy (non-hydrogen) atoms. The summed E-state index contributed by atoms with van der Waals surface area (Å²) in [6.07, 6.45) is -2.68. The van der Waals surface area contributed by atoms with Crippen molar-refractivity contribution in [3.63, 3.8) is 0 Å². The zero-order chi connectivity index (χ0) is 27.8. The molecule has 2 aromatic carbocycles. The molecule has 1 amide bonds. The van der Waals surface area contributed by atoms with Crippen LogP contribution in [0.4, 0.5) is 23.7 Å². The lowest BCUT2D eigenvalue weighted by molar-refractivity contribution is -0.119. The fourth-order valence-electron chi connectivity index (χ4n) is 3.90. The van der Waals surface area contributed by atoms with E-state index in [9.17, 15) is 31.5 Å². The SMILES string of the molecule is CC1(C)Oc2cc(NS(=O)(=O)C(F)(F)F)ccc2[C@H](OC(=O)N(CCc2ccccc2)C(C)(C)C)[C@H]1O. The van der Waals surface area contributed by atoms with E-state index < -0.39 is 50.7 Å². The van der Waals surface area contributed by atoms with Crippen LogP contribution in [0.3, 0.4) is 0 Å². The van der Waals surface area contributed by atoms with E-state index in [2.05, 4.69) is 0 Å². The number of anilines is 1. The molecular weight excluding hydrogens is 513 g/mol. The van der Waals surface area contributed by atoms with Gasteiger partial charge in [0.25, 0.3) is 0 Å². The Morgan fingerprint density at radius 2 is 1.76 bits per heavy atom. The molecule has 0 fully saturated rings. The summed E-state index contributed by atoms with van der Waals surface area (Å²) in [5, 5.41) is 11.0. The molecule has 0 spiro atoms. The summed E-state index contributed by atoms with van der Waals surface area (Å²) in [5.74, 6) is -0.0259. The van der Waals surface area contributed by atoms with Crippen molar-refractivity contribution in [1.29, 1.82) is 0 Å². The van der Waals surface area contributed by atoms with Crippen LogP contribution in [0.5, 0.6) is 5.75 Å². The van der Waals surface area contributed by atoms with E-state index in [1.807, 2.05) is 51.1 Å². The zero-order valence-electron chi connectivity index (χ0n) is 21.2. The Balaban J connectivity index is 1.89. The van der Waals surface area contributed by atoms with E-state index in [0.717, 1.165) is 17.7 Å². The lowest BCUT2D eigenvalue weighted by atomic mass is 9.88. The largest absolute Gasteiger partial charge is 0.516 e. The quantitative estimate of drug-likeness (QED) is 0.530. The standard InChI is InChI=1S/C25H31F3N2O6S/c1-23(2,3)30(14-13-16-9-7-6-8-10-16)22(32)35-20-18-12-11-17(29-37(33,34)25(26,27)28)15-19(18)36-24(4,5)21(20)31/h6-12,15,20-21,29,31H,13-14H2,1-5H3/t20-,21+/m0/s1. The number of nitrogens with zero attached hydrogens (tertiary/aromatic N) is 1. The van der Waals surface area contributed by atoms with E-state index in [1.54, 1.807) is 0 Å². The summed E-state index contributed by atoms with van der Waals surface area (Å²) in [4.78, 5) is 14.9. The van der Waals surface area contributed by atoms with Crippen molar-refractivity contribution in [3.05, 3.63) is 59.7 Å². The lowest BCUT2D eigenvalue weighted by Gasteiger charge is -2.43. The molecular formula is C25H31F3N2O6S. The van der Waals surface area contributed by atoms with Crippen LogP contribution in [0.25, 0.3) is 0 Å². The number of hydrogen-bond acceptors (Lipinski definition) is 6. The van der Waals surface area contributed by atoms with Crippen LogP contribution in [-0.2, 0) is 21.2 Å². The first kappa shape index (κ1) is 28.6. The third-order valence-electron chi connectivity index (χ3n) is 5.97. The number of sulfonamides is 1. The summed E-state index contributed by atoms with van der Waals surface area (Å²) in [7, 11) is -5.65. The molecule has 2 atom stereocenters. The van der Waals surface area contributed by atoms with Gasteiger partial charge in [0, 0.05) is 23.7 Å². The minimum atomic E-state index is -5.65. The zero-order valence-corrected chi connectivity index (χ0v) is 22.0. The second-order valence-corrected chi connectivity index (χ2v) is 12.0. The first-order valence-corrected chi connectivity index (χ1v) is 13.0. The van der Waals surface area contributed by atoms with Gasteiger partial charge in [0.15, 0.2) is 6.10 Å². The van der Waals surface area contributed by atoms with Gasteiger partial charge in [-0.15, -0.1) is 0 Å². The molecule has 0 radical (unpaired) electrons. The normalized spacial score (nSPS) is 19.4. The highest BCUT2D eigenvalue weighted by Gasteiger charge is 2.48. The van der Waals surface area contributed by atoms with Crippen LogP contribution >= 0.6 is 0 Å². The summed E-state index contributed by atoms with van der Waals surface area (Å²) in [6, 6.07) is 13.0. The number of fused-ring (bicyclic) bond motifs is 1.